The van der Waals surface area contributed by atoms with Gasteiger partial charge in [0.2, 0.25) is 11.8 Å². The van der Waals surface area contributed by atoms with Gasteiger partial charge in [-0.25, -0.2) is 4.98 Å². The highest BCUT2D eigenvalue weighted by molar-refractivity contribution is 9.10. The predicted molar refractivity (Wildman–Crippen MR) is 60.9 cm³/mol. The lowest BCUT2D eigenvalue weighted by Crippen LogP contribution is -2.45. The summed E-state index contributed by atoms with van der Waals surface area (Å²) in [4.78, 5) is 14.8. The largest absolute Gasteiger partial charge is 0.409 e. The van der Waals surface area contributed by atoms with Crippen molar-refractivity contribution in [2.45, 2.75) is 19.3 Å². The maximum absolute atomic E-state index is 12.3. The normalized spacial score (nSPS) is 12.7. The van der Waals surface area contributed by atoms with Crippen molar-refractivity contribution in [3.05, 3.63) is 22.3 Å². The van der Waals surface area contributed by atoms with Crippen molar-refractivity contribution in [2.75, 3.05) is 5.32 Å². The number of nitrogens with zero attached hydrogens (tertiary/aromatic N) is 1. The number of hydrogen-bond donors (Lipinski definition) is 1. The van der Waals surface area contributed by atoms with Crippen LogP contribution in [0.25, 0.3) is 0 Å². The van der Waals surface area contributed by atoms with E-state index in [0.717, 1.165) is 6.20 Å². The molecule has 1 amide bonds. The van der Waals surface area contributed by atoms with Crippen LogP contribution in [0.15, 0.2) is 16.7 Å². The summed E-state index contributed by atoms with van der Waals surface area (Å²) in [6.45, 7) is 1.38. The van der Waals surface area contributed by atoms with Crippen molar-refractivity contribution in [1.82, 2.24) is 4.98 Å². The van der Waals surface area contributed by atoms with E-state index in [1.165, 1.54) is 18.3 Å². The molecule has 0 aliphatic rings. The Labute approximate surface area is 117 Å². The number of carbonyl (C=O) groups excluding carboxylic acids is 1. The fourth-order valence-corrected chi connectivity index (χ4v) is 1.79. The summed E-state index contributed by atoms with van der Waals surface area (Å²) in [5, 5.41) is 1.54. The number of aromatic nitrogens is 1. The fraction of sp³-hybridized carbons (Fsp3) is 0.400. The SMILES string of the molecule is Cc1cc(Br)cnc1NC(=O)C(C(F)(F)F)C(F)(F)F. The second-order valence-corrected chi connectivity index (χ2v) is 4.74. The molecule has 0 spiro atoms. The molecule has 0 saturated heterocycles. The molecule has 0 saturated carbocycles. The van der Waals surface area contributed by atoms with Crippen LogP contribution in [0.3, 0.4) is 0 Å². The first-order valence-corrected chi connectivity index (χ1v) is 5.78. The lowest BCUT2D eigenvalue weighted by atomic mass is 10.1. The Morgan fingerprint density at radius 2 is 1.75 bits per heavy atom. The minimum Gasteiger partial charge on any atom is -0.310 e. The summed E-state index contributed by atoms with van der Waals surface area (Å²) in [6, 6.07) is 1.39. The molecule has 0 atom stereocenters. The van der Waals surface area contributed by atoms with Crippen LogP contribution in [0.2, 0.25) is 0 Å². The molecule has 0 unspecified atom stereocenters. The summed E-state index contributed by atoms with van der Waals surface area (Å²) < 4.78 is 74.4. The number of aryl methyl sites for hydroxylation is 1. The van der Waals surface area contributed by atoms with Crippen LogP contribution < -0.4 is 5.32 Å². The fourth-order valence-electron chi connectivity index (χ4n) is 1.34. The average molecular weight is 365 g/mol. The van der Waals surface area contributed by atoms with Gasteiger partial charge in [-0.15, -0.1) is 0 Å². The van der Waals surface area contributed by atoms with Crippen molar-refractivity contribution in [3.63, 3.8) is 0 Å². The standard InChI is InChI=1S/C10H7BrF6N2O/c1-4-2-5(11)3-18-7(4)19-8(20)6(9(12,13)14)10(15,16)17/h2-3,6H,1H3,(H,18,19,20). The molecule has 1 aromatic heterocycles. The Bertz CT molecular complexity index is 499. The smallest absolute Gasteiger partial charge is 0.310 e. The van der Waals surface area contributed by atoms with Gasteiger partial charge < -0.3 is 5.32 Å². The Morgan fingerprint density at radius 1 is 1.25 bits per heavy atom. The van der Waals surface area contributed by atoms with E-state index in [1.807, 2.05) is 0 Å². The van der Waals surface area contributed by atoms with Crippen LogP contribution >= 0.6 is 15.9 Å². The van der Waals surface area contributed by atoms with E-state index in [0.29, 0.717) is 4.47 Å². The van der Waals surface area contributed by atoms with E-state index in [2.05, 4.69) is 20.9 Å². The lowest BCUT2D eigenvalue weighted by Gasteiger charge is -2.22. The molecule has 0 fully saturated rings. The monoisotopic (exact) mass is 364 g/mol. The van der Waals surface area contributed by atoms with Gasteiger partial charge in [-0.1, -0.05) is 0 Å². The van der Waals surface area contributed by atoms with Gasteiger partial charge in [-0.3, -0.25) is 4.79 Å². The molecule has 0 aliphatic heterocycles. The number of alkyl halides is 6. The number of amides is 1. The third-order valence-electron chi connectivity index (χ3n) is 2.20. The average Bonchev–Trinajstić information content (AvgIpc) is 2.17. The van der Waals surface area contributed by atoms with Gasteiger partial charge in [0.1, 0.15) is 5.82 Å². The molecule has 1 heterocycles. The summed E-state index contributed by atoms with van der Waals surface area (Å²) >= 11 is 3.02. The number of rotatable bonds is 2. The molecule has 0 bridgehead atoms. The molecule has 10 heteroatoms. The zero-order chi connectivity index (χ0) is 15.7. The third kappa shape index (κ3) is 4.09. The molecule has 1 N–H and O–H groups in total. The maximum Gasteiger partial charge on any atom is 0.409 e. The number of halogens is 7. The maximum atomic E-state index is 12.3. The molecule has 3 nitrogen and oxygen atoms in total. The van der Waals surface area contributed by atoms with E-state index in [1.54, 1.807) is 0 Å². The lowest BCUT2D eigenvalue weighted by molar-refractivity contribution is -0.272. The second kappa shape index (κ2) is 5.58. The van der Waals surface area contributed by atoms with Crippen molar-refractivity contribution >= 4 is 27.7 Å². The Hall–Kier alpha value is -1.32. The number of hydrogen-bond acceptors (Lipinski definition) is 2. The minimum absolute atomic E-state index is 0.218. The van der Waals surface area contributed by atoms with Gasteiger partial charge in [0, 0.05) is 10.7 Å². The molecular weight excluding hydrogens is 358 g/mol. The molecule has 0 aromatic carbocycles. The molecule has 112 valence electrons. The first-order valence-electron chi connectivity index (χ1n) is 4.99. The molecular formula is C10H7BrF6N2O. The third-order valence-corrected chi connectivity index (χ3v) is 2.64. The zero-order valence-corrected chi connectivity index (χ0v) is 11.3. The molecule has 1 rings (SSSR count). The number of nitrogens with one attached hydrogen (secondary N) is 1. The van der Waals surface area contributed by atoms with Crippen LogP contribution in [0, 0.1) is 12.8 Å². The highest BCUT2D eigenvalue weighted by Crippen LogP contribution is 2.39. The Morgan fingerprint density at radius 3 is 2.15 bits per heavy atom. The van der Waals surface area contributed by atoms with Gasteiger partial charge >= 0.3 is 12.4 Å². The number of pyridine rings is 1. The van der Waals surface area contributed by atoms with Crippen LogP contribution in [0.1, 0.15) is 5.56 Å². The summed E-state index contributed by atoms with van der Waals surface area (Å²) in [5.41, 5.74) is 0.218. The number of anilines is 1. The summed E-state index contributed by atoms with van der Waals surface area (Å²) in [6.07, 6.45) is -10.3. The first-order chi connectivity index (χ1) is 8.93. The van der Waals surface area contributed by atoms with E-state index in [4.69, 9.17) is 0 Å². The minimum atomic E-state index is -5.73. The van der Waals surface area contributed by atoms with Crippen LogP contribution in [-0.2, 0) is 4.79 Å². The van der Waals surface area contributed by atoms with E-state index in [-0.39, 0.29) is 11.4 Å². The van der Waals surface area contributed by atoms with Gasteiger partial charge in [-0.05, 0) is 34.5 Å². The van der Waals surface area contributed by atoms with E-state index >= 15 is 0 Å². The predicted octanol–water partition coefficient (Wildman–Crippen LogP) is 3.83. The Balaban J connectivity index is 3.04. The van der Waals surface area contributed by atoms with Gasteiger partial charge in [0.15, 0.2) is 0 Å². The second-order valence-electron chi connectivity index (χ2n) is 3.82. The molecule has 1 aromatic rings. The molecule has 20 heavy (non-hydrogen) atoms. The number of carbonyl (C=O) groups is 1. The van der Waals surface area contributed by atoms with Crippen molar-refractivity contribution in [1.29, 1.82) is 0 Å². The van der Waals surface area contributed by atoms with Gasteiger partial charge in [0.25, 0.3) is 0 Å². The molecule has 0 aliphatic carbocycles. The van der Waals surface area contributed by atoms with Crippen LogP contribution in [-0.4, -0.2) is 23.2 Å². The van der Waals surface area contributed by atoms with Crippen LogP contribution in [0.4, 0.5) is 32.2 Å². The summed E-state index contributed by atoms with van der Waals surface area (Å²) in [5.74, 6) is -6.68. The topological polar surface area (TPSA) is 42.0 Å². The van der Waals surface area contributed by atoms with Gasteiger partial charge in [0.05, 0.1) is 0 Å². The van der Waals surface area contributed by atoms with Crippen molar-refractivity contribution < 1.29 is 31.1 Å². The Kier molecular flexibility index (Phi) is 4.67. The van der Waals surface area contributed by atoms with Gasteiger partial charge in [-0.2, -0.15) is 26.3 Å². The van der Waals surface area contributed by atoms with Crippen LogP contribution in [0.5, 0.6) is 0 Å². The molecule has 0 radical (unpaired) electrons. The van der Waals surface area contributed by atoms with Crippen molar-refractivity contribution in [2.24, 2.45) is 5.92 Å². The quantitative estimate of drug-likeness (QED) is 0.810. The summed E-state index contributed by atoms with van der Waals surface area (Å²) in [7, 11) is 0. The van der Waals surface area contributed by atoms with E-state index in [9.17, 15) is 31.1 Å². The van der Waals surface area contributed by atoms with Crippen molar-refractivity contribution in [3.8, 4) is 0 Å². The first kappa shape index (κ1) is 16.7. The van der Waals surface area contributed by atoms with E-state index < -0.39 is 24.2 Å². The highest BCUT2D eigenvalue weighted by Gasteiger charge is 2.61. The highest BCUT2D eigenvalue weighted by atomic mass is 79.9. The zero-order valence-electron chi connectivity index (χ0n) is 9.73.